The second-order valence-corrected chi connectivity index (χ2v) is 4.08. The first-order chi connectivity index (χ1) is 5.22. The van der Waals surface area contributed by atoms with Gasteiger partial charge in [0.25, 0.3) is 0 Å². The first-order valence-electron chi connectivity index (χ1n) is 4.51. The summed E-state index contributed by atoms with van der Waals surface area (Å²) in [7, 11) is 0. The Bertz CT molecular complexity index is 150. The molecule has 2 fully saturated rings. The van der Waals surface area contributed by atoms with Crippen molar-refractivity contribution in [2.24, 2.45) is 5.92 Å². The minimum Gasteiger partial charge on any atom is -0.349 e. The molecule has 11 heavy (non-hydrogen) atoms. The van der Waals surface area contributed by atoms with E-state index in [0.717, 1.165) is 6.61 Å². The summed E-state index contributed by atoms with van der Waals surface area (Å²) in [6.07, 6.45) is 3.79. The third-order valence-electron chi connectivity index (χ3n) is 2.69. The molecule has 0 aromatic heterocycles. The second kappa shape index (κ2) is 2.46. The quantitative estimate of drug-likeness (QED) is 0.577. The third-order valence-corrected chi connectivity index (χ3v) is 2.69. The standard InChI is InChI=1S/C9H16O2/c1-7(2)8-10-6-9(11-8)4-3-5-9/h7-8H,3-6H2,1-2H3. The summed E-state index contributed by atoms with van der Waals surface area (Å²) in [5, 5.41) is 0. The van der Waals surface area contributed by atoms with Crippen LogP contribution in [-0.2, 0) is 9.47 Å². The van der Waals surface area contributed by atoms with Crippen molar-refractivity contribution in [3.05, 3.63) is 0 Å². The maximum absolute atomic E-state index is 5.82. The van der Waals surface area contributed by atoms with E-state index in [0.29, 0.717) is 5.92 Å². The first kappa shape index (κ1) is 7.56. The van der Waals surface area contributed by atoms with Crippen LogP contribution in [0.2, 0.25) is 0 Å². The Balaban J connectivity index is 1.93. The van der Waals surface area contributed by atoms with E-state index in [9.17, 15) is 0 Å². The van der Waals surface area contributed by atoms with E-state index in [1.807, 2.05) is 0 Å². The van der Waals surface area contributed by atoms with Crippen LogP contribution in [0.25, 0.3) is 0 Å². The molecule has 1 unspecified atom stereocenters. The first-order valence-corrected chi connectivity index (χ1v) is 4.51. The van der Waals surface area contributed by atoms with Gasteiger partial charge in [-0.25, -0.2) is 0 Å². The smallest absolute Gasteiger partial charge is 0.160 e. The molecule has 2 rings (SSSR count). The summed E-state index contributed by atoms with van der Waals surface area (Å²) < 4.78 is 11.4. The molecule has 1 atom stereocenters. The van der Waals surface area contributed by atoms with Crippen molar-refractivity contribution in [2.75, 3.05) is 6.61 Å². The highest BCUT2D eigenvalue weighted by Crippen LogP contribution is 2.42. The zero-order valence-corrected chi connectivity index (χ0v) is 7.30. The fourth-order valence-electron chi connectivity index (χ4n) is 1.71. The van der Waals surface area contributed by atoms with Gasteiger partial charge < -0.3 is 9.47 Å². The number of hydrogen-bond acceptors (Lipinski definition) is 2. The fourth-order valence-corrected chi connectivity index (χ4v) is 1.71. The van der Waals surface area contributed by atoms with Gasteiger partial charge in [-0.15, -0.1) is 0 Å². The molecule has 2 nitrogen and oxygen atoms in total. The topological polar surface area (TPSA) is 18.5 Å². The van der Waals surface area contributed by atoms with Crippen molar-refractivity contribution in [1.29, 1.82) is 0 Å². The van der Waals surface area contributed by atoms with Crippen molar-refractivity contribution in [3.8, 4) is 0 Å². The molecular weight excluding hydrogens is 140 g/mol. The van der Waals surface area contributed by atoms with Gasteiger partial charge in [0.05, 0.1) is 12.2 Å². The van der Waals surface area contributed by atoms with E-state index in [1.165, 1.54) is 19.3 Å². The molecular formula is C9H16O2. The van der Waals surface area contributed by atoms with Crippen molar-refractivity contribution in [3.63, 3.8) is 0 Å². The van der Waals surface area contributed by atoms with Crippen LogP contribution in [0.5, 0.6) is 0 Å². The summed E-state index contributed by atoms with van der Waals surface area (Å²) in [5.41, 5.74) is 0.148. The summed E-state index contributed by atoms with van der Waals surface area (Å²) in [6.45, 7) is 5.11. The highest BCUT2D eigenvalue weighted by Gasteiger charge is 2.46. The fraction of sp³-hybridized carbons (Fsp3) is 1.00. The zero-order valence-electron chi connectivity index (χ0n) is 7.30. The highest BCUT2D eigenvalue weighted by atomic mass is 16.7. The highest BCUT2D eigenvalue weighted by molar-refractivity contribution is 4.93. The summed E-state index contributed by atoms with van der Waals surface area (Å²) >= 11 is 0. The molecule has 0 radical (unpaired) electrons. The summed E-state index contributed by atoms with van der Waals surface area (Å²) in [4.78, 5) is 0. The Labute approximate surface area is 67.9 Å². The SMILES string of the molecule is CC(C)C1OCC2(CCC2)O1. The maximum atomic E-state index is 5.82. The van der Waals surface area contributed by atoms with Crippen LogP contribution in [0.1, 0.15) is 33.1 Å². The van der Waals surface area contributed by atoms with E-state index in [2.05, 4.69) is 13.8 Å². The second-order valence-electron chi connectivity index (χ2n) is 4.08. The number of ether oxygens (including phenoxy) is 2. The predicted octanol–water partition coefficient (Wildman–Crippen LogP) is 1.94. The molecule has 1 saturated heterocycles. The summed E-state index contributed by atoms with van der Waals surface area (Å²) in [6, 6.07) is 0. The maximum Gasteiger partial charge on any atom is 0.160 e. The van der Waals surface area contributed by atoms with Gasteiger partial charge >= 0.3 is 0 Å². The Kier molecular flexibility index (Phi) is 1.69. The molecule has 1 saturated carbocycles. The van der Waals surface area contributed by atoms with Crippen LogP contribution in [0.3, 0.4) is 0 Å². The van der Waals surface area contributed by atoms with Gasteiger partial charge in [0.15, 0.2) is 6.29 Å². The van der Waals surface area contributed by atoms with Crippen LogP contribution in [0, 0.1) is 5.92 Å². The summed E-state index contributed by atoms with van der Waals surface area (Å²) in [5.74, 6) is 0.495. The van der Waals surface area contributed by atoms with E-state index in [-0.39, 0.29) is 11.9 Å². The van der Waals surface area contributed by atoms with Gasteiger partial charge in [-0.1, -0.05) is 13.8 Å². The molecule has 0 aromatic carbocycles. The number of rotatable bonds is 1. The molecule has 1 aliphatic heterocycles. The number of hydrogen-bond donors (Lipinski definition) is 0. The molecule has 0 N–H and O–H groups in total. The van der Waals surface area contributed by atoms with Gasteiger partial charge in [0, 0.05) is 5.92 Å². The van der Waals surface area contributed by atoms with E-state index >= 15 is 0 Å². The molecule has 1 aliphatic carbocycles. The van der Waals surface area contributed by atoms with Crippen molar-refractivity contribution < 1.29 is 9.47 Å². The van der Waals surface area contributed by atoms with Crippen LogP contribution in [-0.4, -0.2) is 18.5 Å². The lowest BCUT2D eigenvalue weighted by atomic mass is 9.81. The minimum absolute atomic E-state index is 0.0651. The van der Waals surface area contributed by atoms with Gasteiger partial charge in [-0.05, 0) is 19.3 Å². The van der Waals surface area contributed by atoms with Crippen LogP contribution in [0.15, 0.2) is 0 Å². The van der Waals surface area contributed by atoms with E-state index < -0.39 is 0 Å². The van der Waals surface area contributed by atoms with E-state index in [4.69, 9.17) is 9.47 Å². The van der Waals surface area contributed by atoms with Gasteiger partial charge in [-0.3, -0.25) is 0 Å². The van der Waals surface area contributed by atoms with Crippen molar-refractivity contribution >= 4 is 0 Å². The minimum atomic E-state index is 0.0651. The molecule has 0 bridgehead atoms. The lowest BCUT2D eigenvalue weighted by Gasteiger charge is -2.36. The monoisotopic (exact) mass is 156 g/mol. The molecule has 64 valence electrons. The van der Waals surface area contributed by atoms with Crippen LogP contribution >= 0.6 is 0 Å². The lowest BCUT2D eigenvalue weighted by molar-refractivity contribution is -0.136. The Hall–Kier alpha value is -0.0800. The van der Waals surface area contributed by atoms with Crippen LogP contribution < -0.4 is 0 Å². The average Bonchev–Trinajstić information content (AvgIpc) is 2.28. The van der Waals surface area contributed by atoms with Gasteiger partial charge in [0.1, 0.15) is 0 Å². The zero-order chi connectivity index (χ0) is 7.90. The van der Waals surface area contributed by atoms with Gasteiger partial charge in [0.2, 0.25) is 0 Å². The molecule has 2 aliphatic rings. The average molecular weight is 156 g/mol. The Morgan fingerprint density at radius 1 is 1.36 bits per heavy atom. The molecule has 0 amide bonds. The predicted molar refractivity (Wildman–Crippen MR) is 42.2 cm³/mol. The lowest BCUT2D eigenvalue weighted by Crippen LogP contribution is -2.40. The van der Waals surface area contributed by atoms with Crippen molar-refractivity contribution in [2.45, 2.75) is 45.0 Å². The van der Waals surface area contributed by atoms with E-state index in [1.54, 1.807) is 0 Å². The van der Waals surface area contributed by atoms with Crippen molar-refractivity contribution in [1.82, 2.24) is 0 Å². The third kappa shape index (κ3) is 1.18. The molecule has 0 aromatic rings. The Morgan fingerprint density at radius 2 is 2.09 bits per heavy atom. The molecule has 1 heterocycles. The van der Waals surface area contributed by atoms with Crippen LogP contribution in [0.4, 0.5) is 0 Å². The van der Waals surface area contributed by atoms with Gasteiger partial charge in [-0.2, -0.15) is 0 Å². The normalized spacial score (nSPS) is 34.6. The molecule has 2 heteroatoms. The Morgan fingerprint density at radius 3 is 2.36 bits per heavy atom. The molecule has 1 spiro atoms. The largest absolute Gasteiger partial charge is 0.349 e.